The van der Waals surface area contributed by atoms with Gasteiger partial charge in [0, 0.05) is 73.9 Å². The van der Waals surface area contributed by atoms with Crippen molar-refractivity contribution in [1.82, 2.24) is 19.3 Å². The third kappa shape index (κ3) is 4.20. The number of hydrogen-bond donors (Lipinski definition) is 0. The van der Waals surface area contributed by atoms with Crippen LogP contribution in [0.15, 0.2) is 36.4 Å². The van der Waals surface area contributed by atoms with Crippen LogP contribution in [0.4, 0.5) is 0 Å². The predicted molar refractivity (Wildman–Crippen MR) is 137 cm³/mol. The summed E-state index contributed by atoms with van der Waals surface area (Å²) in [5.41, 5.74) is 4.29. The van der Waals surface area contributed by atoms with Crippen molar-refractivity contribution in [3.05, 3.63) is 53.3 Å². The van der Waals surface area contributed by atoms with Gasteiger partial charge in [-0.1, -0.05) is 0 Å². The number of aromatic nitrogens is 1. The van der Waals surface area contributed by atoms with E-state index in [9.17, 15) is 9.59 Å². The van der Waals surface area contributed by atoms with Crippen molar-refractivity contribution in [3.8, 4) is 5.69 Å². The van der Waals surface area contributed by atoms with E-state index < -0.39 is 0 Å². The number of amides is 2. The highest BCUT2D eigenvalue weighted by atomic mass is 16.2. The average Bonchev–Trinajstić information content (AvgIpc) is 3.22. The van der Waals surface area contributed by atoms with Crippen LogP contribution in [0.25, 0.3) is 5.69 Å². The molecule has 5 heterocycles. The molecule has 0 saturated carbocycles. The van der Waals surface area contributed by atoms with E-state index in [0.29, 0.717) is 29.8 Å². The van der Waals surface area contributed by atoms with Crippen molar-refractivity contribution in [1.29, 1.82) is 0 Å². The minimum absolute atomic E-state index is 0.155. The van der Waals surface area contributed by atoms with E-state index in [1.165, 1.54) is 24.2 Å². The number of carbonyl (C=O) groups is 2. The third-order valence-electron chi connectivity index (χ3n) is 9.12. The first kappa shape index (κ1) is 22.8. The van der Waals surface area contributed by atoms with E-state index in [1.807, 2.05) is 17.0 Å². The Morgan fingerprint density at radius 3 is 2.31 bits per heavy atom. The van der Waals surface area contributed by atoms with E-state index in [1.54, 1.807) is 0 Å². The molecule has 4 fully saturated rings. The molecule has 0 unspecified atom stereocenters. The maximum absolute atomic E-state index is 13.2. The van der Waals surface area contributed by atoms with Gasteiger partial charge in [0.2, 0.25) is 5.91 Å². The fourth-order valence-corrected chi connectivity index (χ4v) is 7.39. The number of carbonyl (C=O) groups excluding carboxylic acids is 2. The number of piperidine rings is 4. The van der Waals surface area contributed by atoms with Gasteiger partial charge in [0.25, 0.3) is 5.91 Å². The van der Waals surface area contributed by atoms with E-state index in [0.717, 1.165) is 69.7 Å². The van der Waals surface area contributed by atoms with Crippen LogP contribution in [0, 0.1) is 25.7 Å². The Balaban J connectivity index is 1.06. The van der Waals surface area contributed by atoms with Gasteiger partial charge < -0.3 is 14.4 Å². The topological polar surface area (TPSA) is 48.8 Å². The summed E-state index contributed by atoms with van der Waals surface area (Å²) in [6.07, 6.45) is 6.40. The van der Waals surface area contributed by atoms with Crippen LogP contribution in [-0.4, -0.2) is 75.9 Å². The minimum atomic E-state index is 0.155. The van der Waals surface area contributed by atoms with Crippen molar-refractivity contribution in [2.45, 2.75) is 64.5 Å². The molecule has 2 aromatic rings. The minimum Gasteiger partial charge on any atom is -0.339 e. The second kappa shape index (κ2) is 9.12. The summed E-state index contributed by atoms with van der Waals surface area (Å²) < 4.78 is 2.22. The Kier molecular flexibility index (Phi) is 5.95. The van der Waals surface area contributed by atoms with Crippen LogP contribution < -0.4 is 0 Å². The highest BCUT2D eigenvalue weighted by molar-refractivity contribution is 5.94. The molecule has 6 heteroatoms. The summed E-state index contributed by atoms with van der Waals surface area (Å²) in [7, 11) is 0. The largest absolute Gasteiger partial charge is 0.339 e. The molecule has 0 N–H and O–H groups in total. The second-order valence-electron chi connectivity index (χ2n) is 11.3. The van der Waals surface area contributed by atoms with Crippen LogP contribution >= 0.6 is 0 Å². The highest BCUT2D eigenvalue weighted by Gasteiger charge is 2.45. The molecule has 1 aromatic carbocycles. The molecule has 6 nitrogen and oxygen atoms in total. The molecule has 4 aliphatic heterocycles. The smallest absolute Gasteiger partial charge is 0.253 e. The van der Waals surface area contributed by atoms with Crippen molar-refractivity contribution >= 4 is 11.8 Å². The summed E-state index contributed by atoms with van der Waals surface area (Å²) in [5.74, 6) is 1.81. The van der Waals surface area contributed by atoms with Crippen molar-refractivity contribution < 1.29 is 9.59 Å². The summed E-state index contributed by atoms with van der Waals surface area (Å²) in [5, 5.41) is 0. The first-order valence-electron chi connectivity index (χ1n) is 13.6. The van der Waals surface area contributed by atoms with Gasteiger partial charge >= 0.3 is 0 Å². The summed E-state index contributed by atoms with van der Waals surface area (Å²) in [6.45, 7) is 9.09. The van der Waals surface area contributed by atoms with Crippen molar-refractivity contribution in [2.24, 2.45) is 11.8 Å². The number of likely N-dealkylation sites (tertiary alicyclic amines) is 2. The fraction of sp³-hybridized carbons (Fsp3) is 0.586. The van der Waals surface area contributed by atoms with Gasteiger partial charge in [0.1, 0.15) is 0 Å². The van der Waals surface area contributed by atoms with Gasteiger partial charge in [-0.2, -0.15) is 0 Å². The molecular weight excluding hydrogens is 436 g/mol. The lowest BCUT2D eigenvalue weighted by molar-refractivity contribution is -0.145. The second-order valence-corrected chi connectivity index (χ2v) is 11.3. The van der Waals surface area contributed by atoms with E-state index >= 15 is 0 Å². The maximum Gasteiger partial charge on any atom is 0.253 e. The molecular formula is C29H38N4O2. The molecule has 1 aromatic heterocycles. The SMILES string of the molecule is Cc1ccc(C)n1-c1ccc(C(=O)N2CCC(N3C[C@H]4C[C@H](C3)[C@H]3CCCC(=O)N3C4)CC2)cc1. The Hall–Kier alpha value is -2.60. The zero-order valence-electron chi connectivity index (χ0n) is 21.2. The maximum atomic E-state index is 13.2. The predicted octanol–water partition coefficient (Wildman–Crippen LogP) is 4.03. The average molecular weight is 475 g/mol. The lowest BCUT2D eigenvalue weighted by Crippen LogP contribution is -2.62. The first-order valence-corrected chi connectivity index (χ1v) is 13.6. The van der Waals surface area contributed by atoms with Gasteiger partial charge in [0.05, 0.1) is 0 Å². The number of benzene rings is 1. The number of nitrogens with zero attached hydrogens (tertiary/aromatic N) is 4. The van der Waals surface area contributed by atoms with Crippen LogP contribution in [0.5, 0.6) is 0 Å². The van der Waals surface area contributed by atoms with E-state index in [-0.39, 0.29) is 5.91 Å². The Morgan fingerprint density at radius 2 is 1.60 bits per heavy atom. The lowest BCUT2D eigenvalue weighted by atomic mass is 9.75. The summed E-state index contributed by atoms with van der Waals surface area (Å²) in [6, 6.07) is 13.4. The quantitative estimate of drug-likeness (QED) is 0.675. The molecule has 4 aliphatic rings. The Morgan fingerprint density at radius 1 is 0.886 bits per heavy atom. The van der Waals surface area contributed by atoms with Gasteiger partial charge in [-0.15, -0.1) is 0 Å². The zero-order valence-corrected chi connectivity index (χ0v) is 21.2. The third-order valence-corrected chi connectivity index (χ3v) is 9.12. The molecule has 0 radical (unpaired) electrons. The molecule has 186 valence electrons. The summed E-state index contributed by atoms with van der Waals surface area (Å²) in [4.78, 5) is 32.7. The van der Waals surface area contributed by atoms with Gasteiger partial charge in [-0.05, 0) is 94.2 Å². The number of aryl methyl sites for hydroxylation is 2. The van der Waals surface area contributed by atoms with Crippen LogP contribution in [0.2, 0.25) is 0 Å². The monoisotopic (exact) mass is 474 g/mol. The Labute approximate surface area is 208 Å². The standard InChI is InChI=1S/C29H38N4O2/c1-20-6-7-21(2)33(20)26-10-8-23(9-11-26)29(35)30-14-12-25(13-15-30)31-17-22-16-24(19-31)27-4-3-5-28(34)32(27)18-22/h6-11,22,24-25,27H,3-5,12-19H2,1-2H3/t22-,24-,27-/m1/s1. The van der Waals surface area contributed by atoms with Gasteiger partial charge in [-0.3, -0.25) is 14.5 Å². The van der Waals surface area contributed by atoms with E-state index in [2.05, 4.69) is 52.5 Å². The summed E-state index contributed by atoms with van der Waals surface area (Å²) >= 11 is 0. The number of hydrogen-bond acceptors (Lipinski definition) is 3. The zero-order chi connectivity index (χ0) is 24.1. The Bertz CT molecular complexity index is 1080. The van der Waals surface area contributed by atoms with Crippen LogP contribution in [-0.2, 0) is 4.79 Å². The molecule has 4 saturated heterocycles. The van der Waals surface area contributed by atoms with Crippen LogP contribution in [0.3, 0.4) is 0 Å². The normalized spacial score (nSPS) is 27.7. The number of rotatable bonds is 3. The molecule has 35 heavy (non-hydrogen) atoms. The molecule has 0 spiro atoms. The number of fused-ring (bicyclic) bond motifs is 4. The molecule has 2 amide bonds. The lowest BCUT2D eigenvalue weighted by Gasteiger charge is -2.54. The van der Waals surface area contributed by atoms with Crippen molar-refractivity contribution in [2.75, 3.05) is 32.7 Å². The highest BCUT2D eigenvalue weighted by Crippen LogP contribution is 2.39. The van der Waals surface area contributed by atoms with Crippen LogP contribution in [0.1, 0.15) is 60.3 Å². The fourth-order valence-electron chi connectivity index (χ4n) is 7.39. The van der Waals surface area contributed by atoms with Crippen molar-refractivity contribution in [3.63, 3.8) is 0 Å². The molecule has 0 aliphatic carbocycles. The molecule has 3 atom stereocenters. The molecule has 2 bridgehead atoms. The van der Waals surface area contributed by atoms with Gasteiger partial charge in [-0.25, -0.2) is 0 Å². The first-order chi connectivity index (χ1) is 17.0. The van der Waals surface area contributed by atoms with E-state index in [4.69, 9.17) is 0 Å². The van der Waals surface area contributed by atoms with Gasteiger partial charge in [0.15, 0.2) is 0 Å². The molecule has 6 rings (SSSR count).